The van der Waals surface area contributed by atoms with Crippen LogP contribution in [0.5, 0.6) is 5.75 Å². The van der Waals surface area contributed by atoms with E-state index in [-0.39, 0.29) is 12.3 Å². The number of benzene rings is 1. The molecule has 1 aromatic rings. The van der Waals surface area contributed by atoms with E-state index in [0.717, 1.165) is 0 Å². The second kappa shape index (κ2) is 6.30. The second-order valence-electron chi connectivity index (χ2n) is 3.51. The van der Waals surface area contributed by atoms with Crippen LogP contribution in [0.3, 0.4) is 0 Å². The van der Waals surface area contributed by atoms with Crippen molar-refractivity contribution < 1.29 is 18.3 Å². The molecule has 0 unspecified atom stereocenters. The van der Waals surface area contributed by atoms with Crippen molar-refractivity contribution in [3.8, 4) is 5.75 Å². The molecule has 0 heterocycles. The summed E-state index contributed by atoms with van der Waals surface area (Å²) in [5.41, 5.74) is 6.57. The monoisotopic (exact) mass is 243 g/mol. The predicted molar refractivity (Wildman–Crippen MR) is 60.5 cm³/mol. The van der Waals surface area contributed by atoms with Crippen LogP contribution in [-0.4, -0.2) is 18.8 Å². The summed E-state index contributed by atoms with van der Waals surface area (Å²) in [6.45, 7) is 1.23. The lowest BCUT2D eigenvalue weighted by atomic mass is 10.0. The van der Waals surface area contributed by atoms with Crippen LogP contribution in [-0.2, 0) is 6.54 Å². The summed E-state index contributed by atoms with van der Waals surface area (Å²) in [5, 5.41) is 0. The fraction of sp³-hybridized carbons (Fsp3) is 0.417. The average Bonchev–Trinajstić information content (AvgIpc) is 2.34. The van der Waals surface area contributed by atoms with E-state index in [2.05, 4.69) is 0 Å². The highest BCUT2D eigenvalue weighted by Gasteiger charge is 2.10. The Morgan fingerprint density at radius 3 is 2.71 bits per heavy atom. The lowest BCUT2D eigenvalue weighted by Gasteiger charge is -2.11. The van der Waals surface area contributed by atoms with Crippen molar-refractivity contribution in [2.45, 2.75) is 26.3 Å². The molecule has 1 aromatic carbocycles. The first-order valence-corrected chi connectivity index (χ1v) is 5.35. The predicted octanol–water partition coefficient (Wildman–Crippen LogP) is 2.38. The maximum atomic E-state index is 12.0. The molecule has 0 saturated heterocycles. The molecule has 2 N–H and O–H groups in total. The van der Waals surface area contributed by atoms with E-state index in [1.54, 1.807) is 19.1 Å². The zero-order chi connectivity index (χ0) is 12.8. The number of rotatable bonds is 6. The van der Waals surface area contributed by atoms with E-state index in [1.807, 2.05) is 0 Å². The van der Waals surface area contributed by atoms with Crippen LogP contribution < -0.4 is 10.5 Å². The third-order valence-electron chi connectivity index (χ3n) is 2.29. The van der Waals surface area contributed by atoms with Gasteiger partial charge in [0.1, 0.15) is 12.4 Å². The minimum atomic E-state index is -2.53. The molecule has 0 amide bonds. The molecule has 1 rings (SSSR count). The van der Waals surface area contributed by atoms with Crippen molar-refractivity contribution in [1.29, 1.82) is 0 Å². The van der Waals surface area contributed by atoms with Crippen LogP contribution in [0.15, 0.2) is 18.2 Å². The molecule has 0 aliphatic heterocycles. The summed E-state index contributed by atoms with van der Waals surface area (Å²) in [5.74, 6) is 0.292. The van der Waals surface area contributed by atoms with Crippen molar-refractivity contribution in [3.63, 3.8) is 0 Å². The number of hydrogen-bond acceptors (Lipinski definition) is 3. The molecule has 0 bridgehead atoms. The molecule has 0 saturated carbocycles. The molecule has 3 nitrogen and oxygen atoms in total. The molecule has 94 valence electrons. The summed E-state index contributed by atoms with van der Waals surface area (Å²) in [6.07, 6.45) is -2.14. The van der Waals surface area contributed by atoms with Gasteiger partial charge in [-0.3, -0.25) is 4.79 Å². The Kier molecular flexibility index (Phi) is 5.03. The van der Waals surface area contributed by atoms with Gasteiger partial charge in [-0.2, -0.15) is 0 Å². The van der Waals surface area contributed by atoms with Gasteiger partial charge in [-0.25, -0.2) is 8.78 Å². The molecule has 0 aromatic heterocycles. The number of alkyl halides is 2. The standard InChI is InChI=1S/C12H15F2NO2/c1-2-10(16)8-3-4-11(9(5-8)6-15)17-7-12(13)14/h3-5,12H,2,6-7,15H2,1H3. The Bertz CT molecular complexity index is 394. The fourth-order valence-corrected chi connectivity index (χ4v) is 1.41. The molecule has 0 spiro atoms. The smallest absolute Gasteiger partial charge is 0.272 e. The lowest BCUT2D eigenvalue weighted by Crippen LogP contribution is -2.10. The van der Waals surface area contributed by atoms with Crippen LogP contribution >= 0.6 is 0 Å². The van der Waals surface area contributed by atoms with Crippen molar-refractivity contribution in [2.24, 2.45) is 5.73 Å². The first kappa shape index (κ1) is 13.6. The first-order chi connectivity index (χ1) is 8.08. The third-order valence-corrected chi connectivity index (χ3v) is 2.29. The number of carbonyl (C=O) groups is 1. The Labute approximate surface area is 98.6 Å². The Morgan fingerprint density at radius 2 is 2.18 bits per heavy atom. The van der Waals surface area contributed by atoms with Crippen molar-refractivity contribution in [3.05, 3.63) is 29.3 Å². The van der Waals surface area contributed by atoms with Gasteiger partial charge in [-0.05, 0) is 18.2 Å². The number of carbonyl (C=O) groups excluding carboxylic acids is 1. The van der Waals surface area contributed by atoms with Crippen LogP contribution in [0.4, 0.5) is 8.78 Å². The SMILES string of the molecule is CCC(=O)c1ccc(OCC(F)F)c(CN)c1. The van der Waals surface area contributed by atoms with Crippen LogP contribution in [0.2, 0.25) is 0 Å². The zero-order valence-corrected chi connectivity index (χ0v) is 9.58. The number of ketones is 1. The number of nitrogens with two attached hydrogens (primary N) is 1. The van der Waals surface area contributed by atoms with Gasteiger partial charge in [-0.1, -0.05) is 6.92 Å². The average molecular weight is 243 g/mol. The van der Waals surface area contributed by atoms with Crippen LogP contribution in [0.25, 0.3) is 0 Å². The van der Waals surface area contributed by atoms with Gasteiger partial charge >= 0.3 is 0 Å². The highest BCUT2D eigenvalue weighted by Crippen LogP contribution is 2.21. The Hall–Kier alpha value is -1.49. The van der Waals surface area contributed by atoms with Gasteiger partial charge < -0.3 is 10.5 Å². The number of halogens is 2. The molecule has 17 heavy (non-hydrogen) atoms. The Balaban J connectivity index is 2.89. The minimum Gasteiger partial charge on any atom is -0.487 e. The van der Waals surface area contributed by atoms with Gasteiger partial charge in [-0.15, -0.1) is 0 Å². The van der Waals surface area contributed by atoms with E-state index >= 15 is 0 Å². The van der Waals surface area contributed by atoms with Gasteiger partial charge in [0.15, 0.2) is 5.78 Å². The number of Topliss-reactive ketones (excluding diaryl/α,β-unsaturated/α-hetero) is 1. The van der Waals surface area contributed by atoms with Gasteiger partial charge in [0, 0.05) is 24.1 Å². The van der Waals surface area contributed by atoms with Gasteiger partial charge in [0.2, 0.25) is 0 Å². The maximum absolute atomic E-state index is 12.0. The summed E-state index contributed by atoms with van der Waals surface area (Å²) in [7, 11) is 0. The summed E-state index contributed by atoms with van der Waals surface area (Å²) in [4.78, 5) is 11.5. The maximum Gasteiger partial charge on any atom is 0.272 e. The quantitative estimate of drug-likeness (QED) is 0.780. The van der Waals surface area contributed by atoms with E-state index in [9.17, 15) is 13.6 Å². The molecular weight excluding hydrogens is 228 g/mol. The lowest BCUT2D eigenvalue weighted by molar-refractivity contribution is 0.0813. The fourth-order valence-electron chi connectivity index (χ4n) is 1.41. The third kappa shape index (κ3) is 3.78. The van der Waals surface area contributed by atoms with E-state index < -0.39 is 13.0 Å². The second-order valence-corrected chi connectivity index (χ2v) is 3.51. The molecule has 0 aliphatic carbocycles. The van der Waals surface area contributed by atoms with E-state index in [0.29, 0.717) is 23.3 Å². The summed E-state index contributed by atoms with van der Waals surface area (Å²) in [6, 6.07) is 4.66. The highest BCUT2D eigenvalue weighted by molar-refractivity contribution is 5.96. The van der Waals surface area contributed by atoms with Gasteiger partial charge in [0.25, 0.3) is 6.43 Å². The summed E-state index contributed by atoms with van der Waals surface area (Å²) >= 11 is 0. The molecule has 0 aliphatic rings. The molecule has 0 atom stereocenters. The normalized spacial score (nSPS) is 10.6. The molecule has 0 fully saturated rings. The minimum absolute atomic E-state index is 0.0138. The molecule has 0 radical (unpaired) electrons. The highest BCUT2D eigenvalue weighted by atomic mass is 19.3. The number of hydrogen-bond donors (Lipinski definition) is 1. The topological polar surface area (TPSA) is 52.3 Å². The Morgan fingerprint density at radius 1 is 1.47 bits per heavy atom. The molecule has 5 heteroatoms. The summed E-state index contributed by atoms with van der Waals surface area (Å²) < 4.78 is 28.9. The zero-order valence-electron chi connectivity index (χ0n) is 9.58. The van der Waals surface area contributed by atoms with E-state index in [1.165, 1.54) is 6.07 Å². The number of ether oxygens (including phenoxy) is 1. The molecular formula is C12H15F2NO2. The van der Waals surface area contributed by atoms with Crippen molar-refractivity contribution in [1.82, 2.24) is 0 Å². The van der Waals surface area contributed by atoms with Crippen molar-refractivity contribution in [2.75, 3.05) is 6.61 Å². The largest absolute Gasteiger partial charge is 0.487 e. The van der Waals surface area contributed by atoms with Crippen LogP contribution in [0.1, 0.15) is 29.3 Å². The van der Waals surface area contributed by atoms with Crippen LogP contribution in [0, 0.1) is 0 Å². The van der Waals surface area contributed by atoms with Gasteiger partial charge in [0.05, 0.1) is 0 Å². The van der Waals surface area contributed by atoms with E-state index in [4.69, 9.17) is 10.5 Å². The van der Waals surface area contributed by atoms with Crippen molar-refractivity contribution >= 4 is 5.78 Å². The first-order valence-electron chi connectivity index (χ1n) is 5.35.